The monoisotopic (exact) mass is 343 g/mol. The fraction of sp³-hybridized carbons (Fsp3) is 0.368. The van der Waals surface area contributed by atoms with Crippen LogP contribution in [0.5, 0.6) is 0 Å². The van der Waals surface area contributed by atoms with Crippen molar-refractivity contribution in [2.24, 2.45) is 0 Å². The van der Waals surface area contributed by atoms with Gasteiger partial charge in [-0.05, 0) is 67.5 Å². The van der Waals surface area contributed by atoms with E-state index in [2.05, 4.69) is 77.6 Å². The molecule has 1 N–H and O–H groups in total. The van der Waals surface area contributed by atoms with Crippen LogP contribution in [0.1, 0.15) is 41.6 Å². The Morgan fingerprint density at radius 3 is 2.86 bits per heavy atom. The molecule has 2 heteroatoms. The molecule has 0 aliphatic heterocycles. The molecule has 0 saturated carbocycles. The molecule has 110 valence electrons. The van der Waals surface area contributed by atoms with Gasteiger partial charge in [-0.25, -0.2) is 0 Å². The van der Waals surface area contributed by atoms with E-state index in [0.29, 0.717) is 12.1 Å². The second-order valence-electron chi connectivity index (χ2n) is 6.13. The van der Waals surface area contributed by atoms with Gasteiger partial charge < -0.3 is 5.32 Å². The number of halogens is 1. The van der Waals surface area contributed by atoms with Gasteiger partial charge in [-0.2, -0.15) is 0 Å². The summed E-state index contributed by atoms with van der Waals surface area (Å²) >= 11 is 3.57. The number of rotatable bonds is 4. The summed E-state index contributed by atoms with van der Waals surface area (Å²) in [6.07, 6.45) is 3.49. The summed E-state index contributed by atoms with van der Waals surface area (Å²) in [4.78, 5) is 0. The van der Waals surface area contributed by atoms with Gasteiger partial charge in [0.05, 0.1) is 0 Å². The Morgan fingerprint density at radius 2 is 2.05 bits per heavy atom. The lowest BCUT2D eigenvalue weighted by Gasteiger charge is -2.21. The van der Waals surface area contributed by atoms with E-state index in [1.807, 2.05) is 0 Å². The molecule has 0 heterocycles. The molecule has 2 atom stereocenters. The number of hydrogen-bond donors (Lipinski definition) is 1. The molecule has 0 saturated heterocycles. The minimum absolute atomic E-state index is 0.491. The molecule has 1 aliphatic rings. The number of aryl methyl sites for hydroxylation is 2. The summed E-state index contributed by atoms with van der Waals surface area (Å²) in [7, 11) is 0. The maximum atomic E-state index is 3.81. The molecular weight excluding hydrogens is 322 g/mol. The van der Waals surface area contributed by atoms with Gasteiger partial charge >= 0.3 is 0 Å². The summed E-state index contributed by atoms with van der Waals surface area (Å²) < 4.78 is 1.19. The molecule has 0 fully saturated rings. The molecule has 2 aromatic carbocycles. The first-order chi connectivity index (χ1) is 10.1. The van der Waals surface area contributed by atoms with Crippen molar-refractivity contribution in [1.82, 2.24) is 5.32 Å². The molecule has 0 spiro atoms. The van der Waals surface area contributed by atoms with Gasteiger partial charge in [-0.1, -0.05) is 46.3 Å². The van der Waals surface area contributed by atoms with Crippen LogP contribution in [0, 0.1) is 6.92 Å². The standard InChI is InChI=1S/C19H22BrN/c1-13-5-3-4-6-15(13)11-14(2)21-19-10-7-16-12-17(20)8-9-18(16)19/h3-6,8-9,12,14,19,21H,7,10-11H2,1-2H3. The number of fused-ring (bicyclic) bond motifs is 1. The smallest absolute Gasteiger partial charge is 0.0328 e. The van der Waals surface area contributed by atoms with E-state index in [0.717, 1.165) is 6.42 Å². The molecule has 1 nitrogen and oxygen atoms in total. The Hall–Kier alpha value is -1.12. The summed E-state index contributed by atoms with van der Waals surface area (Å²) in [5.74, 6) is 0. The normalized spacial score (nSPS) is 18.5. The zero-order valence-corrected chi connectivity index (χ0v) is 14.3. The predicted octanol–water partition coefficient (Wildman–Crippen LogP) is 4.97. The lowest BCUT2D eigenvalue weighted by atomic mass is 10.0. The molecule has 2 unspecified atom stereocenters. The van der Waals surface area contributed by atoms with E-state index in [1.54, 1.807) is 0 Å². The highest BCUT2D eigenvalue weighted by molar-refractivity contribution is 9.10. The summed E-state index contributed by atoms with van der Waals surface area (Å²) in [6, 6.07) is 16.4. The van der Waals surface area contributed by atoms with Crippen LogP contribution in [0.2, 0.25) is 0 Å². The molecular formula is C19H22BrN. The lowest BCUT2D eigenvalue weighted by molar-refractivity contribution is 0.451. The third-order valence-electron chi connectivity index (χ3n) is 4.46. The van der Waals surface area contributed by atoms with Gasteiger partial charge in [0.15, 0.2) is 0 Å². The Morgan fingerprint density at radius 1 is 1.24 bits per heavy atom. The first-order valence-corrected chi connectivity index (χ1v) is 8.51. The summed E-state index contributed by atoms with van der Waals surface area (Å²) in [6.45, 7) is 4.49. The third-order valence-corrected chi connectivity index (χ3v) is 4.95. The van der Waals surface area contributed by atoms with E-state index in [4.69, 9.17) is 0 Å². The van der Waals surface area contributed by atoms with E-state index in [9.17, 15) is 0 Å². The predicted molar refractivity (Wildman–Crippen MR) is 92.7 cm³/mol. The molecule has 0 amide bonds. The van der Waals surface area contributed by atoms with Gasteiger partial charge in [0.1, 0.15) is 0 Å². The van der Waals surface area contributed by atoms with Crippen LogP contribution in [0.3, 0.4) is 0 Å². The zero-order valence-electron chi connectivity index (χ0n) is 12.7. The highest BCUT2D eigenvalue weighted by Gasteiger charge is 2.23. The minimum Gasteiger partial charge on any atom is -0.307 e. The minimum atomic E-state index is 0.491. The van der Waals surface area contributed by atoms with E-state index in [1.165, 1.54) is 39.6 Å². The van der Waals surface area contributed by atoms with Crippen molar-refractivity contribution in [3.05, 3.63) is 69.2 Å². The Bertz CT molecular complexity index is 635. The van der Waals surface area contributed by atoms with Crippen LogP contribution in [0.15, 0.2) is 46.9 Å². The van der Waals surface area contributed by atoms with E-state index >= 15 is 0 Å². The molecule has 0 aromatic heterocycles. The van der Waals surface area contributed by atoms with Crippen molar-refractivity contribution < 1.29 is 0 Å². The van der Waals surface area contributed by atoms with Crippen LogP contribution in [-0.4, -0.2) is 6.04 Å². The number of hydrogen-bond acceptors (Lipinski definition) is 1. The molecule has 21 heavy (non-hydrogen) atoms. The van der Waals surface area contributed by atoms with E-state index in [-0.39, 0.29) is 0 Å². The average molecular weight is 344 g/mol. The summed E-state index contributed by atoms with van der Waals surface area (Å²) in [5.41, 5.74) is 5.81. The first-order valence-electron chi connectivity index (χ1n) is 7.72. The SMILES string of the molecule is Cc1ccccc1CC(C)NC1CCc2cc(Br)ccc21. The van der Waals surface area contributed by atoms with Crippen LogP contribution in [0.4, 0.5) is 0 Å². The fourth-order valence-electron chi connectivity index (χ4n) is 3.33. The van der Waals surface area contributed by atoms with Gasteiger partial charge in [0, 0.05) is 16.6 Å². The quantitative estimate of drug-likeness (QED) is 0.826. The van der Waals surface area contributed by atoms with Crippen LogP contribution < -0.4 is 5.32 Å². The molecule has 0 radical (unpaired) electrons. The van der Waals surface area contributed by atoms with Gasteiger partial charge in [-0.15, -0.1) is 0 Å². The van der Waals surface area contributed by atoms with Crippen molar-refractivity contribution in [3.8, 4) is 0 Å². The van der Waals surface area contributed by atoms with Crippen molar-refractivity contribution in [2.75, 3.05) is 0 Å². The van der Waals surface area contributed by atoms with Crippen molar-refractivity contribution in [1.29, 1.82) is 0 Å². The van der Waals surface area contributed by atoms with Crippen molar-refractivity contribution >= 4 is 15.9 Å². The summed E-state index contributed by atoms with van der Waals surface area (Å²) in [5, 5.41) is 3.81. The van der Waals surface area contributed by atoms with Gasteiger partial charge in [0.2, 0.25) is 0 Å². The van der Waals surface area contributed by atoms with E-state index < -0.39 is 0 Å². The van der Waals surface area contributed by atoms with Crippen molar-refractivity contribution in [3.63, 3.8) is 0 Å². The van der Waals surface area contributed by atoms with Crippen LogP contribution in [0.25, 0.3) is 0 Å². The topological polar surface area (TPSA) is 12.0 Å². The fourth-order valence-corrected chi connectivity index (χ4v) is 3.74. The third kappa shape index (κ3) is 3.38. The van der Waals surface area contributed by atoms with Gasteiger partial charge in [-0.3, -0.25) is 0 Å². The van der Waals surface area contributed by atoms with Gasteiger partial charge in [0.25, 0.3) is 0 Å². The maximum absolute atomic E-state index is 3.81. The zero-order chi connectivity index (χ0) is 14.8. The highest BCUT2D eigenvalue weighted by Crippen LogP contribution is 2.33. The molecule has 3 rings (SSSR count). The average Bonchev–Trinajstić information content (AvgIpc) is 2.83. The Labute approximate surface area is 135 Å². The second-order valence-corrected chi connectivity index (χ2v) is 7.05. The molecule has 2 aromatic rings. The number of nitrogens with one attached hydrogen (secondary N) is 1. The molecule has 0 bridgehead atoms. The first kappa shape index (κ1) is 14.8. The van der Waals surface area contributed by atoms with Crippen LogP contribution >= 0.6 is 15.9 Å². The Kier molecular flexibility index (Phi) is 4.46. The lowest BCUT2D eigenvalue weighted by Crippen LogP contribution is -2.31. The maximum Gasteiger partial charge on any atom is 0.0328 e. The largest absolute Gasteiger partial charge is 0.307 e. The number of benzene rings is 2. The highest BCUT2D eigenvalue weighted by atomic mass is 79.9. The van der Waals surface area contributed by atoms with Crippen LogP contribution in [-0.2, 0) is 12.8 Å². The Balaban J connectivity index is 1.67. The van der Waals surface area contributed by atoms with Crippen molar-refractivity contribution in [2.45, 2.75) is 45.2 Å². The molecule has 1 aliphatic carbocycles. The second kappa shape index (κ2) is 6.33.